The van der Waals surface area contributed by atoms with Gasteiger partial charge in [0.05, 0.1) is 12.0 Å². The summed E-state index contributed by atoms with van der Waals surface area (Å²) in [5.74, 6) is -0.736. The largest absolute Gasteiger partial charge is 0.349 e. The zero-order valence-electron chi connectivity index (χ0n) is 16.4. The van der Waals surface area contributed by atoms with Gasteiger partial charge >= 0.3 is 0 Å². The van der Waals surface area contributed by atoms with Gasteiger partial charge in [-0.2, -0.15) is 0 Å². The van der Waals surface area contributed by atoms with Crippen molar-refractivity contribution >= 4 is 23.4 Å². The molecule has 4 rings (SSSR count). The average Bonchev–Trinajstić information content (AvgIpc) is 3.46. The van der Waals surface area contributed by atoms with Crippen molar-refractivity contribution in [2.75, 3.05) is 11.9 Å². The third-order valence-corrected chi connectivity index (χ3v) is 5.58. The summed E-state index contributed by atoms with van der Waals surface area (Å²) >= 11 is 0. The van der Waals surface area contributed by atoms with Crippen molar-refractivity contribution in [3.05, 3.63) is 65.7 Å². The molecule has 150 valence electrons. The van der Waals surface area contributed by atoms with Gasteiger partial charge in [-0.1, -0.05) is 36.4 Å². The van der Waals surface area contributed by atoms with Crippen LogP contribution in [0.4, 0.5) is 5.69 Å². The van der Waals surface area contributed by atoms with Crippen LogP contribution in [0.3, 0.4) is 0 Å². The molecule has 0 bridgehead atoms. The second kappa shape index (κ2) is 8.07. The lowest BCUT2D eigenvalue weighted by molar-refractivity contribution is -0.129. The third-order valence-electron chi connectivity index (χ3n) is 5.58. The molecule has 6 nitrogen and oxygen atoms in total. The molecule has 2 aromatic rings. The molecule has 2 fully saturated rings. The van der Waals surface area contributed by atoms with Crippen LogP contribution in [0.25, 0.3) is 0 Å². The summed E-state index contributed by atoms with van der Waals surface area (Å²) in [6.07, 6.45) is 2.25. The van der Waals surface area contributed by atoms with E-state index in [0.29, 0.717) is 17.8 Å². The predicted octanol–water partition coefficient (Wildman–Crippen LogP) is 3.13. The van der Waals surface area contributed by atoms with E-state index in [1.807, 2.05) is 37.3 Å². The van der Waals surface area contributed by atoms with Crippen LogP contribution in [0, 0.1) is 5.92 Å². The Hall–Kier alpha value is -3.15. The number of nitrogens with zero attached hydrogens (tertiary/aromatic N) is 1. The minimum absolute atomic E-state index is 0.0148. The molecule has 0 unspecified atom stereocenters. The highest BCUT2D eigenvalue weighted by atomic mass is 16.2. The van der Waals surface area contributed by atoms with Gasteiger partial charge in [-0.05, 0) is 43.5 Å². The van der Waals surface area contributed by atoms with Crippen LogP contribution in [0.5, 0.6) is 0 Å². The van der Waals surface area contributed by atoms with Gasteiger partial charge in [-0.15, -0.1) is 0 Å². The van der Waals surface area contributed by atoms with Crippen LogP contribution in [-0.2, 0) is 9.59 Å². The predicted molar refractivity (Wildman–Crippen MR) is 110 cm³/mol. The van der Waals surface area contributed by atoms with Crippen molar-refractivity contribution in [2.45, 2.75) is 38.3 Å². The fraction of sp³-hybridized carbons (Fsp3) is 0.348. The minimum Gasteiger partial charge on any atom is -0.349 e. The van der Waals surface area contributed by atoms with E-state index < -0.39 is 5.92 Å². The zero-order chi connectivity index (χ0) is 20.4. The Kier molecular flexibility index (Phi) is 5.34. The van der Waals surface area contributed by atoms with Gasteiger partial charge in [0.15, 0.2) is 0 Å². The lowest BCUT2D eigenvalue weighted by atomic mass is 10.1. The molecule has 0 spiro atoms. The lowest BCUT2D eigenvalue weighted by Gasteiger charge is -2.25. The number of anilines is 1. The van der Waals surface area contributed by atoms with E-state index in [-0.39, 0.29) is 36.2 Å². The fourth-order valence-electron chi connectivity index (χ4n) is 3.67. The minimum atomic E-state index is -0.405. The quantitative estimate of drug-likeness (QED) is 0.794. The van der Waals surface area contributed by atoms with E-state index in [1.165, 1.54) is 0 Å². The highest BCUT2D eigenvalue weighted by Gasteiger charge is 2.37. The van der Waals surface area contributed by atoms with Crippen LogP contribution < -0.4 is 10.6 Å². The van der Waals surface area contributed by atoms with Crippen molar-refractivity contribution in [3.63, 3.8) is 0 Å². The summed E-state index contributed by atoms with van der Waals surface area (Å²) < 4.78 is 0. The lowest BCUT2D eigenvalue weighted by Crippen LogP contribution is -2.30. The van der Waals surface area contributed by atoms with Crippen LogP contribution in [0.1, 0.15) is 48.1 Å². The number of carbonyl (C=O) groups is 3. The Balaban J connectivity index is 1.39. The molecule has 1 saturated heterocycles. The first kappa shape index (κ1) is 19.2. The molecule has 2 atom stereocenters. The Bertz CT molecular complexity index is 924. The Morgan fingerprint density at radius 2 is 1.83 bits per heavy atom. The number of hydrogen-bond donors (Lipinski definition) is 2. The molecule has 29 heavy (non-hydrogen) atoms. The Morgan fingerprint density at radius 1 is 1.07 bits per heavy atom. The van der Waals surface area contributed by atoms with Crippen molar-refractivity contribution in [1.29, 1.82) is 0 Å². The summed E-state index contributed by atoms with van der Waals surface area (Å²) in [7, 11) is 0. The van der Waals surface area contributed by atoms with Gasteiger partial charge in [-0.25, -0.2) is 0 Å². The van der Waals surface area contributed by atoms with Gasteiger partial charge in [0.2, 0.25) is 11.8 Å². The second-order valence-corrected chi connectivity index (χ2v) is 7.85. The highest BCUT2D eigenvalue weighted by Crippen LogP contribution is 2.29. The first-order valence-corrected chi connectivity index (χ1v) is 10.1. The van der Waals surface area contributed by atoms with E-state index in [9.17, 15) is 14.4 Å². The fourth-order valence-corrected chi connectivity index (χ4v) is 3.67. The number of amides is 3. The van der Waals surface area contributed by atoms with Gasteiger partial charge in [0.25, 0.3) is 5.91 Å². The van der Waals surface area contributed by atoms with Crippen LogP contribution in [0.15, 0.2) is 54.6 Å². The maximum atomic E-state index is 12.7. The average molecular weight is 391 g/mol. The summed E-state index contributed by atoms with van der Waals surface area (Å²) in [5.41, 5.74) is 2.15. The normalized spacial score (nSPS) is 19.7. The molecule has 2 aliphatic rings. The smallest absolute Gasteiger partial charge is 0.251 e. The van der Waals surface area contributed by atoms with Crippen molar-refractivity contribution < 1.29 is 14.4 Å². The molecule has 1 saturated carbocycles. The first-order valence-electron chi connectivity index (χ1n) is 10.1. The molecule has 1 aliphatic carbocycles. The van der Waals surface area contributed by atoms with Gasteiger partial charge in [-0.3, -0.25) is 14.4 Å². The molecular formula is C23H25N3O3. The monoisotopic (exact) mass is 391 g/mol. The van der Waals surface area contributed by atoms with E-state index in [0.717, 1.165) is 18.4 Å². The SMILES string of the molecule is C[C@@H](c1ccccc1)N1C[C@@H](C(=O)Nc2cccc(C(=O)NC3CC3)c2)CC1=O. The number of benzene rings is 2. The molecule has 6 heteroatoms. The van der Waals surface area contributed by atoms with Crippen molar-refractivity contribution in [3.8, 4) is 0 Å². The van der Waals surface area contributed by atoms with Crippen LogP contribution >= 0.6 is 0 Å². The van der Waals surface area contributed by atoms with Gasteiger partial charge in [0.1, 0.15) is 0 Å². The van der Waals surface area contributed by atoms with E-state index in [1.54, 1.807) is 29.2 Å². The molecule has 0 radical (unpaired) electrons. The van der Waals surface area contributed by atoms with Crippen molar-refractivity contribution in [2.24, 2.45) is 5.92 Å². The number of carbonyl (C=O) groups excluding carboxylic acids is 3. The number of likely N-dealkylation sites (tertiary alicyclic amines) is 1. The molecule has 1 heterocycles. The second-order valence-electron chi connectivity index (χ2n) is 7.85. The molecule has 2 N–H and O–H groups in total. The maximum absolute atomic E-state index is 12.7. The van der Waals surface area contributed by atoms with E-state index in [4.69, 9.17) is 0 Å². The van der Waals surface area contributed by atoms with Crippen LogP contribution in [-0.4, -0.2) is 35.2 Å². The van der Waals surface area contributed by atoms with Crippen molar-refractivity contribution in [1.82, 2.24) is 10.2 Å². The summed E-state index contributed by atoms with van der Waals surface area (Å²) in [5, 5.41) is 5.81. The van der Waals surface area contributed by atoms with Crippen LogP contribution in [0.2, 0.25) is 0 Å². The van der Waals surface area contributed by atoms with E-state index >= 15 is 0 Å². The molecule has 0 aromatic heterocycles. The number of nitrogens with one attached hydrogen (secondary N) is 2. The molecule has 1 aliphatic heterocycles. The maximum Gasteiger partial charge on any atom is 0.251 e. The standard InChI is InChI=1S/C23H25N3O3/c1-15(16-6-3-2-4-7-16)26-14-18(13-21(26)27)23(29)25-20-9-5-8-17(12-20)22(28)24-19-10-11-19/h2-9,12,15,18-19H,10-11,13-14H2,1H3,(H,24,28)(H,25,29)/t15-,18-/m0/s1. The van der Waals surface area contributed by atoms with Gasteiger partial charge < -0.3 is 15.5 Å². The Labute approximate surface area is 170 Å². The molecule has 3 amide bonds. The highest BCUT2D eigenvalue weighted by molar-refractivity contribution is 5.99. The topological polar surface area (TPSA) is 78.5 Å². The molecular weight excluding hydrogens is 366 g/mol. The molecule has 2 aromatic carbocycles. The van der Waals surface area contributed by atoms with Gasteiger partial charge in [0, 0.05) is 30.3 Å². The number of rotatable bonds is 6. The summed E-state index contributed by atoms with van der Waals surface area (Å²) in [6, 6.07) is 16.9. The third kappa shape index (κ3) is 4.47. The summed E-state index contributed by atoms with van der Waals surface area (Å²) in [4.78, 5) is 39.2. The summed E-state index contributed by atoms with van der Waals surface area (Å²) in [6.45, 7) is 2.37. The zero-order valence-corrected chi connectivity index (χ0v) is 16.4. The Morgan fingerprint density at radius 3 is 2.55 bits per heavy atom. The number of hydrogen-bond acceptors (Lipinski definition) is 3. The van der Waals surface area contributed by atoms with E-state index in [2.05, 4.69) is 10.6 Å². The first-order chi connectivity index (χ1) is 14.0.